The van der Waals surface area contributed by atoms with Crippen molar-refractivity contribution in [1.82, 2.24) is 24.5 Å². The van der Waals surface area contributed by atoms with Gasteiger partial charge in [0.1, 0.15) is 23.7 Å². The molecule has 0 unspecified atom stereocenters. The fraction of sp³-hybridized carbons (Fsp3) is 0.182. The molecule has 0 saturated heterocycles. The van der Waals surface area contributed by atoms with Gasteiger partial charge in [0.05, 0.1) is 11.9 Å². The molecule has 2 N–H and O–H groups in total. The Morgan fingerprint density at radius 3 is 2.77 bits per heavy atom. The van der Waals surface area contributed by atoms with Gasteiger partial charge in [-0.3, -0.25) is 14.3 Å². The second kappa shape index (κ2) is 8.78. The van der Waals surface area contributed by atoms with E-state index in [4.69, 9.17) is 0 Å². The normalized spacial score (nSPS) is 10.9. The van der Waals surface area contributed by atoms with E-state index in [1.165, 1.54) is 16.9 Å². The first-order chi connectivity index (χ1) is 15.0. The molecule has 4 rings (SSSR count). The van der Waals surface area contributed by atoms with Gasteiger partial charge in [-0.05, 0) is 36.6 Å². The van der Waals surface area contributed by atoms with Crippen molar-refractivity contribution in [2.24, 2.45) is 0 Å². The van der Waals surface area contributed by atoms with Gasteiger partial charge in [0, 0.05) is 25.1 Å². The minimum Gasteiger partial charge on any atom is -0.354 e. The number of rotatable bonds is 7. The molecule has 0 aliphatic heterocycles. The molecule has 8 nitrogen and oxygen atoms in total. The molecule has 0 saturated carbocycles. The van der Waals surface area contributed by atoms with E-state index in [0.29, 0.717) is 24.2 Å². The molecule has 0 spiro atoms. The molecule has 0 aliphatic carbocycles. The second-order valence-corrected chi connectivity index (χ2v) is 7.12. The SMILES string of the molecule is Cc1cccn2cc(C(=O)Nc3cnn(CC(=O)NCCc4ccccc4F)c3)nc12. The second-order valence-electron chi connectivity index (χ2n) is 7.12. The fourth-order valence-electron chi connectivity index (χ4n) is 3.21. The maximum absolute atomic E-state index is 13.6. The molecule has 0 atom stereocenters. The van der Waals surface area contributed by atoms with Gasteiger partial charge in [-0.25, -0.2) is 9.37 Å². The van der Waals surface area contributed by atoms with Crippen LogP contribution in [0.25, 0.3) is 5.65 Å². The van der Waals surface area contributed by atoms with Crippen LogP contribution in [0.3, 0.4) is 0 Å². The maximum Gasteiger partial charge on any atom is 0.275 e. The summed E-state index contributed by atoms with van der Waals surface area (Å²) in [6.45, 7) is 2.23. The van der Waals surface area contributed by atoms with E-state index in [1.807, 2.05) is 25.3 Å². The first-order valence-corrected chi connectivity index (χ1v) is 9.78. The van der Waals surface area contributed by atoms with Crippen molar-refractivity contribution in [3.63, 3.8) is 0 Å². The highest BCUT2D eigenvalue weighted by Gasteiger charge is 2.13. The summed E-state index contributed by atoms with van der Waals surface area (Å²) in [4.78, 5) is 29.0. The number of benzene rings is 1. The van der Waals surface area contributed by atoms with Crippen molar-refractivity contribution in [1.29, 1.82) is 0 Å². The first kappa shape index (κ1) is 20.3. The fourth-order valence-corrected chi connectivity index (χ4v) is 3.21. The molecule has 3 aromatic heterocycles. The third-order valence-electron chi connectivity index (χ3n) is 4.78. The summed E-state index contributed by atoms with van der Waals surface area (Å²) in [6, 6.07) is 10.3. The van der Waals surface area contributed by atoms with Gasteiger partial charge in [0.15, 0.2) is 0 Å². The van der Waals surface area contributed by atoms with Crippen LogP contribution in [0.15, 0.2) is 61.2 Å². The quantitative estimate of drug-likeness (QED) is 0.481. The van der Waals surface area contributed by atoms with E-state index < -0.39 is 0 Å². The molecule has 31 heavy (non-hydrogen) atoms. The summed E-state index contributed by atoms with van der Waals surface area (Å²) in [5, 5.41) is 9.56. The zero-order valence-corrected chi connectivity index (χ0v) is 16.9. The summed E-state index contributed by atoms with van der Waals surface area (Å²) in [5.41, 5.74) is 2.98. The van der Waals surface area contributed by atoms with Crippen LogP contribution in [0.1, 0.15) is 21.6 Å². The number of halogens is 1. The number of hydrogen-bond donors (Lipinski definition) is 2. The third-order valence-corrected chi connectivity index (χ3v) is 4.78. The van der Waals surface area contributed by atoms with Gasteiger partial charge in [-0.1, -0.05) is 24.3 Å². The highest BCUT2D eigenvalue weighted by Crippen LogP contribution is 2.12. The number of anilines is 1. The van der Waals surface area contributed by atoms with E-state index in [2.05, 4.69) is 20.7 Å². The van der Waals surface area contributed by atoms with Gasteiger partial charge in [-0.2, -0.15) is 5.10 Å². The van der Waals surface area contributed by atoms with E-state index in [0.717, 1.165) is 11.2 Å². The zero-order valence-electron chi connectivity index (χ0n) is 16.9. The van der Waals surface area contributed by atoms with Crippen LogP contribution in [-0.2, 0) is 17.8 Å². The van der Waals surface area contributed by atoms with Gasteiger partial charge in [0.2, 0.25) is 5.91 Å². The molecule has 158 valence electrons. The van der Waals surface area contributed by atoms with E-state index in [1.54, 1.807) is 35.0 Å². The number of carbonyl (C=O) groups excluding carboxylic acids is 2. The lowest BCUT2D eigenvalue weighted by Crippen LogP contribution is -2.29. The zero-order chi connectivity index (χ0) is 21.8. The largest absolute Gasteiger partial charge is 0.354 e. The third kappa shape index (κ3) is 4.77. The van der Waals surface area contributed by atoms with Crippen LogP contribution in [0, 0.1) is 12.7 Å². The Hall–Kier alpha value is -4.01. The Labute approximate surface area is 177 Å². The van der Waals surface area contributed by atoms with Crippen molar-refractivity contribution in [2.45, 2.75) is 19.9 Å². The van der Waals surface area contributed by atoms with Crippen LogP contribution < -0.4 is 10.6 Å². The lowest BCUT2D eigenvalue weighted by molar-refractivity contribution is -0.121. The molecular formula is C22H21FN6O2. The number of pyridine rings is 1. The van der Waals surface area contributed by atoms with Crippen molar-refractivity contribution < 1.29 is 14.0 Å². The highest BCUT2D eigenvalue weighted by atomic mass is 19.1. The average molecular weight is 420 g/mol. The average Bonchev–Trinajstić information content (AvgIpc) is 3.37. The van der Waals surface area contributed by atoms with Gasteiger partial charge in [-0.15, -0.1) is 0 Å². The number of carbonyl (C=O) groups is 2. The van der Waals surface area contributed by atoms with E-state index in [9.17, 15) is 14.0 Å². The van der Waals surface area contributed by atoms with Crippen molar-refractivity contribution in [3.8, 4) is 0 Å². The topological polar surface area (TPSA) is 93.3 Å². The molecule has 1 aromatic carbocycles. The lowest BCUT2D eigenvalue weighted by Gasteiger charge is -2.06. The molecule has 0 radical (unpaired) electrons. The Balaban J connectivity index is 1.30. The number of imidazole rings is 1. The molecule has 0 fully saturated rings. The van der Waals surface area contributed by atoms with Gasteiger partial charge in [0.25, 0.3) is 5.91 Å². The van der Waals surface area contributed by atoms with Crippen LogP contribution in [-0.4, -0.2) is 37.5 Å². The maximum atomic E-state index is 13.6. The highest BCUT2D eigenvalue weighted by molar-refractivity contribution is 6.03. The number of fused-ring (bicyclic) bond motifs is 1. The van der Waals surface area contributed by atoms with Gasteiger partial charge < -0.3 is 15.0 Å². The smallest absolute Gasteiger partial charge is 0.275 e. The molecule has 0 aliphatic rings. The summed E-state index contributed by atoms with van der Waals surface area (Å²) in [6.07, 6.45) is 6.91. The Morgan fingerprint density at radius 2 is 1.97 bits per heavy atom. The number of aromatic nitrogens is 4. The predicted octanol–water partition coefficient (Wildman–Crippen LogP) is 2.59. The summed E-state index contributed by atoms with van der Waals surface area (Å²) in [7, 11) is 0. The molecule has 2 amide bonds. The molecular weight excluding hydrogens is 399 g/mol. The first-order valence-electron chi connectivity index (χ1n) is 9.78. The van der Waals surface area contributed by atoms with Crippen molar-refractivity contribution in [3.05, 3.63) is 83.8 Å². The Bertz CT molecular complexity index is 1250. The van der Waals surface area contributed by atoms with Crippen LogP contribution in [0.5, 0.6) is 0 Å². The molecule has 0 bridgehead atoms. The summed E-state index contributed by atoms with van der Waals surface area (Å²) < 4.78 is 16.8. The Morgan fingerprint density at radius 1 is 1.13 bits per heavy atom. The van der Waals surface area contributed by atoms with Gasteiger partial charge >= 0.3 is 0 Å². The van der Waals surface area contributed by atoms with Crippen LogP contribution in [0.4, 0.5) is 10.1 Å². The Kier molecular flexibility index (Phi) is 5.74. The number of hydrogen-bond acceptors (Lipinski definition) is 4. The lowest BCUT2D eigenvalue weighted by atomic mass is 10.1. The molecule has 3 heterocycles. The molecule has 4 aromatic rings. The minimum absolute atomic E-state index is 0.0132. The monoisotopic (exact) mass is 420 g/mol. The summed E-state index contributed by atoms with van der Waals surface area (Å²) >= 11 is 0. The summed E-state index contributed by atoms with van der Waals surface area (Å²) in [5.74, 6) is -0.907. The van der Waals surface area contributed by atoms with E-state index >= 15 is 0 Å². The number of nitrogens with zero attached hydrogens (tertiary/aromatic N) is 4. The van der Waals surface area contributed by atoms with Crippen molar-refractivity contribution in [2.75, 3.05) is 11.9 Å². The number of amides is 2. The number of nitrogens with one attached hydrogen (secondary N) is 2. The predicted molar refractivity (Wildman–Crippen MR) is 113 cm³/mol. The standard InChI is InChI=1S/C22H21FN6O2/c1-15-5-4-10-28-13-19(27-21(15)28)22(31)26-17-11-25-29(12-17)14-20(30)24-9-8-16-6-2-3-7-18(16)23/h2-7,10-13H,8-9,14H2,1H3,(H,24,30)(H,26,31). The van der Waals surface area contributed by atoms with Crippen LogP contribution in [0.2, 0.25) is 0 Å². The minimum atomic E-state index is -0.364. The molecule has 9 heteroatoms. The van der Waals surface area contributed by atoms with Crippen molar-refractivity contribution >= 4 is 23.1 Å². The van der Waals surface area contributed by atoms with E-state index in [-0.39, 0.29) is 29.9 Å². The number of aryl methyl sites for hydroxylation is 1. The van der Waals surface area contributed by atoms with Crippen LogP contribution >= 0.6 is 0 Å².